The molecule has 2 heteroatoms. The van der Waals surface area contributed by atoms with Crippen LogP contribution in [0.15, 0.2) is 0 Å². The summed E-state index contributed by atoms with van der Waals surface area (Å²) in [6.45, 7) is 4.16. The second-order valence-electron chi connectivity index (χ2n) is 3.84. The monoisotopic (exact) mass is 153 g/mol. The number of rotatable bonds is 1. The third-order valence-electron chi connectivity index (χ3n) is 3.03. The van der Waals surface area contributed by atoms with E-state index in [4.69, 9.17) is 0 Å². The Balaban J connectivity index is 1.98. The number of carbonyl (C=O) groups is 1. The molecule has 0 aliphatic carbocycles. The van der Waals surface area contributed by atoms with Crippen LogP contribution in [-0.2, 0) is 4.79 Å². The lowest BCUT2D eigenvalue weighted by Crippen LogP contribution is -2.23. The number of Topliss-reactive ketones (excluding diaryl/α,β-unsaturated/α-hetero) is 1. The molecule has 0 spiro atoms. The van der Waals surface area contributed by atoms with Crippen LogP contribution in [0.2, 0.25) is 0 Å². The van der Waals surface area contributed by atoms with Crippen LogP contribution in [0, 0.1) is 5.92 Å². The molecule has 0 saturated carbocycles. The standard InChI is InChI=1S/C9H15NO/c1-2-7-3-8-4-9(11)6-10(8)5-7/h7-8H,2-6H2,1H3. The van der Waals surface area contributed by atoms with Crippen LogP contribution >= 0.6 is 0 Å². The molecule has 0 amide bonds. The Morgan fingerprint density at radius 3 is 3.09 bits per heavy atom. The first-order valence-electron chi connectivity index (χ1n) is 4.55. The van der Waals surface area contributed by atoms with Gasteiger partial charge in [-0.25, -0.2) is 0 Å². The zero-order chi connectivity index (χ0) is 7.84. The molecule has 0 N–H and O–H groups in total. The molecule has 2 saturated heterocycles. The zero-order valence-corrected chi connectivity index (χ0v) is 7.05. The van der Waals surface area contributed by atoms with E-state index in [1.165, 1.54) is 19.4 Å². The fraction of sp³-hybridized carbons (Fsp3) is 0.889. The fourth-order valence-electron chi connectivity index (χ4n) is 2.34. The summed E-state index contributed by atoms with van der Waals surface area (Å²) in [5.74, 6) is 1.32. The molecule has 0 aromatic rings. The van der Waals surface area contributed by atoms with E-state index >= 15 is 0 Å². The van der Waals surface area contributed by atoms with Gasteiger partial charge in [0.15, 0.2) is 0 Å². The fourth-order valence-corrected chi connectivity index (χ4v) is 2.34. The van der Waals surface area contributed by atoms with Crippen molar-refractivity contribution in [3.05, 3.63) is 0 Å². The highest BCUT2D eigenvalue weighted by molar-refractivity contribution is 5.83. The van der Waals surface area contributed by atoms with E-state index in [-0.39, 0.29) is 0 Å². The molecule has 0 aromatic heterocycles. The Bertz CT molecular complexity index is 162. The van der Waals surface area contributed by atoms with Crippen molar-refractivity contribution in [2.45, 2.75) is 32.2 Å². The number of fused-ring (bicyclic) bond motifs is 1. The molecule has 2 fully saturated rings. The SMILES string of the molecule is CCC1CC2CC(=O)CN2C1. The number of nitrogens with zero attached hydrogens (tertiary/aromatic N) is 1. The maximum Gasteiger partial charge on any atom is 0.148 e. The van der Waals surface area contributed by atoms with Gasteiger partial charge in [-0.15, -0.1) is 0 Å². The van der Waals surface area contributed by atoms with Gasteiger partial charge in [-0.2, -0.15) is 0 Å². The van der Waals surface area contributed by atoms with Gasteiger partial charge in [0.1, 0.15) is 5.78 Å². The van der Waals surface area contributed by atoms with E-state index in [2.05, 4.69) is 11.8 Å². The minimum absolute atomic E-state index is 0.449. The molecule has 62 valence electrons. The molecule has 2 unspecified atom stereocenters. The summed E-state index contributed by atoms with van der Waals surface area (Å²) in [6, 6.07) is 0.618. The van der Waals surface area contributed by atoms with Crippen LogP contribution in [0.3, 0.4) is 0 Å². The van der Waals surface area contributed by atoms with Crippen LogP contribution < -0.4 is 0 Å². The lowest BCUT2D eigenvalue weighted by molar-refractivity contribution is -0.117. The number of ketones is 1. The van der Waals surface area contributed by atoms with E-state index in [1.807, 2.05) is 0 Å². The average Bonchev–Trinajstić information content (AvgIpc) is 2.43. The second kappa shape index (κ2) is 2.59. The molecule has 2 rings (SSSR count). The second-order valence-corrected chi connectivity index (χ2v) is 3.84. The summed E-state index contributed by atoms with van der Waals surface area (Å²) in [5, 5.41) is 0. The summed E-state index contributed by atoms with van der Waals surface area (Å²) in [4.78, 5) is 13.4. The van der Waals surface area contributed by atoms with E-state index in [9.17, 15) is 4.79 Å². The molecule has 2 aliphatic heterocycles. The molecule has 2 aliphatic rings. The van der Waals surface area contributed by atoms with Crippen molar-refractivity contribution in [2.24, 2.45) is 5.92 Å². The Labute approximate surface area is 67.6 Å². The van der Waals surface area contributed by atoms with Gasteiger partial charge in [-0.3, -0.25) is 9.69 Å². The van der Waals surface area contributed by atoms with Crippen LogP contribution in [-0.4, -0.2) is 29.8 Å². The van der Waals surface area contributed by atoms with Gasteiger partial charge in [0, 0.05) is 19.0 Å². The Hall–Kier alpha value is -0.370. The highest BCUT2D eigenvalue weighted by atomic mass is 16.1. The van der Waals surface area contributed by atoms with Crippen molar-refractivity contribution in [2.75, 3.05) is 13.1 Å². The molecular formula is C9H15NO. The zero-order valence-electron chi connectivity index (χ0n) is 7.05. The summed E-state index contributed by atoms with van der Waals surface area (Å²) >= 11 is 0. The van der Waals surface area contributed by atoms with Gasteiger partial charge in [-0.05, 0) is 12.3 Å². The molecule has 2 atom stereocenters. The molecule has 0 bridgehead atoms. The average molecular weight is 153 g/mol. The van der Waals surface area contributed by atoms with E-state index in [0.29, 0.717) is 11.8 Å². The molecule has 0 aromatic carbocycles. The number of hydrogen-bond acceptors (Lipinski definition) is 2. The summed E-state index contributed by atoms with van der Waals surface area (Å²) in [5.41, 5.74) is 0. The van der Waals surface area contributed by atoms with E-state index < -0.39 is 0 Å². The van der Waals surface area contributed by atoms with E-state index in [0.717, 1.165) is 18.9 Å². The van der Waals surface area contributed by atoms with Crippen LogP contribution in [0.25, 0.3) is 0 Å². The minimum atomic E-state index is 0.449. The smallest absolute Gasteiger partial charge is 0.148 e. The van der Waals surface area contributed by atoms with Gasteiger partial charge in [0.25, 0.3) is 0 Å². The van der Waals surface area contributed by atoms with Crippen LogP contribution in [0.5, 0.6) is 0 Å². The van der Waals surface area contributed by atoms with Gasteiger partial charge >= 0.3 is 0 Å². The topological polar surface area (TPSA) is 20.3 Å². The van der Waals surface area contributed by atoms with Crippen molar-refractivity contribution in [1.82, 2.24) is 4.90 Å². The summed E-state index contributed by atoms with van der Waals surface area (Å²) in [7, 11) is 0. The van der Waals surface area contributed by atoms with Crippen molar-refractivity contribution in [3.8, 4) is 0 Å². The number of carbonyl (C=O) groups excluding carboxylic acids is 1. The third-order valence-corrected chi connectivity index (χ3v) is 3.03. The van der Waals surface area contributed by atoms with Gasteiger partial charge in [-0.1, -0.05) is 13.3 Å². The summed E-state index contributed by atoms with van der Waals surface area (Å²) < 4.78 is 0. The maximum absolute atomic E-state index is 11.0. The lowest BCUT2D eigenvalue weighted by atomic mass is 10.0. The van der Waals surface area contributed by atoms with Gasteiger partial charge in [0.05, 0.1) is 6.54 Å². The first kappa shape index (κ1) is 7.29. The molecule has 2 nitrogen and oxygen atoms in total. The molecule has 2 heterocycles. The normalized spacial score (nSPS) is 38.1. The quantitative estimate of drug-likeness (QED) is 0.561. The van der Waals surface area contributed by atoms with Crippen molar-refractivity contribution in [3.63, 3.8) is 0 Å². The van der Waals surface area contributed by atoms with Crippen molar-refractivity contribution < 1.29 is 4.79 Å². The Morgan fingerprint density at radius 2 is 2.45 bits per heavy atom. The summed E-state index contributed by atoms with van der Waals surface area (Å²) in [6.07, 6.45) is 3.37. The van der Waals surface area contributed by atoms with Crippen LogP contribution in [0.1, 0.15) is 26.2 Å². The predicted octanol–water partition coefficient (Wildman–Crippen LogP) is 1.06. The molecule has 0 radical (unpaired) electrons. The minimum Gasteiger partial charge on any atom is -0.298 e. The third kappa shape index (κ3) is 1.20. The van der Waals surface area contributed by atoms with Gasteiger partial charge < -0.3 is 0 Å². The Morgan fingerprint density at radius 1 is 1.64 bits per heavy atom. The Kier molecular flexibility index (Phi) is 1.72. The lowest BCUT2D eigenvalue weighted by Gasteiger charge is -2.11. The number of hydrogen-bond donors (Lipinski definition) is 0. The highest BCUT2D eigenvalue weighted by Gasteiger charge is 2.37. The largest absolute Gasteiger partial charge is 0.298 e. The first-order valence-corrected chi connectivity index (χ1v) is 4.55. The maximum atomic E-state index is 11.0. The molecular weight excluding hydrogens is 138 g/mol. The van der Waals surface area contributed by atoms with Gasteiger partial charge in [0.2, 0.25) is 0 Å². The predicted molar refractivity (Wildman–Crippen MR) is 43.4 cm³/mol. The van der Waals surface area contributed by atoms with Crippen LogP contribution in [0.4, 0.5) is 0 Å². The van der Waals surface area contributed by atoms with E-state index in [1.54, 1.807) is 0 Å². The first-order chi connectivity index (χ1) is 5.29. The highest BCUT2D eigenvalue weighted by Crippen LogP contribution is 2.31. The molecule has 11 heavy (non-hydrogen) atoms. The van der Waals surface area contributed by atoms with Crippen molar-refractivity contribution >= 4 is 5.78 Å². The van der Waals surface area contributed by atoms with Crippen molar-refractivity contribution in [1.29, 1.82) is 0 Å².